The van der Waals surface area contributed by atoms with Crippen molar-refractivity contribution in [2.45, 2.75) is 13.8 Å². The summed E-state index contributed by atoms with van der Waals surface area (Å²) in [4.78, 5) is 4.35. The third kappa shape index (κ3) is 1.95. The summed E-state index contributed by atoms with van der Waals surface area (Å²) in [5.74, 6) is 0.293. The fourth-order valence-corrected chi connectivity index (χ4v) is 2.42. The lowest BCUT2D eigenvalue weighted by Gasteiger charge is -2.08. The number of rotatable bonds is 2. The molecule has 0 radical (unpaired) electrons. The maximum absolute atomic E-state index is 5.94. The first kappa shape index (κ1) is 12.4. The molecule has 0 aliphatic rings. The van der Waals surface area contributed by atoms with Crippen molar-refractivity contribution in [1.29, 1.82) is 0 Å². The monoisotopic (exact) mass is 265 g/mol. The Morgan fingerprint density at radius 1 is 0.950 bits per heavy atom. The quantitative estimate of drug-likeness (QED) is 0.768. The number of anilines is 1. The third-order valence-electron chi connectivity index (χ3n) is 3.36. The van der Waals surface area contributed by atoms with E-state index < -0.39 is 0 Å². The van der Waals surface area contributed by atoms with Crippen LogP contribution in [0.5, 0.6) is 0 Å². The first-order valence-electron chi connectivity index (χ1n) is 6.41. The summed E-state index contributed by atoms with van der Waals surface area (Å²) in [6.07, 6.45) is 1.73. The minimum Gasteiger partial charge on any atom is -0.367 e. The molecule has 0 saturated heterocycles. The second kappa shape index (κ2) is 4.81. The molecule has 2 N–H and O–H groups in total. The van der Waals surface area contributed by atoms with E-state index in [1.807, 2.05) is 24.3 Å². The van der Waals surface area contributed by atoms with Gasteiger partial charge in [-0.3, -0.25) is 4.98 Å². The molecule has 3 aromatic rings. The Bertz CT molecular complexity index is 727. The number of pyridine rings is 1. The van der Waals surface area contributed by atoms with Crippen LogP contribution in [0.1, 0.15) is 11.1 Å². The average Bonchev–Trinajstić information content (AvgIpc) is 2.81. The Morgan fingerprint density at radius 2 is 1.70 bits per heavy atom. The molecule has 2 heterocycles. The number of nitrogens with zero attached hydrogens (tertiary/aromatic N) is 2. The number of nitrogen functional groups attached to an aromatic ring is 1. The molecule has 0 aliphatic carbocycles. The lowest BCUT2D eigenvalue weighted by Crippen LogP contribution is -1.93. The van der Waals surface area contributed by atoms with Gasteiger partial charge >= 0.3 is 0 Å². The molecule has 4 nitrogen and oxygen atoms in total. The molecule has 0 atom stereocenters. The number of aryl methyl sites for hydroxylation is 2. The Kier molecular flexibility index (Phi) is 2.99. The highest BCUT2D eigenvalue weighted by atomic mass is 16.5. The van der Waals surface area contributed by atoms with Gasteiger partial charge in [-0.2, -0.15) is 0 Å². The first-order valence-corrected chi connectivity index (χ1v) is 6.41. The molecule has 3 rings (SSSR count). The maximum Gasteiger partial charge on any atom is 0.232 e. The summed E-state index contributed by atoms with van der Waals surface area (Å²) >= 11 is 0. The van der Waals surface area contributed by atoms with Crippen molar-refractivity contribution in [3.8, 4) is 22.5 Å². The predicted octanol–water partition coefficient (Wildman–Crippen LogP) is 3.60. The van der Waals surface area contributed by atoms with Gasteiger partial charge in [0, 0.05) is 11.8 Å². The molecule has 100 valence electrons. The van der Waals surface area contributed by atoms with E-state index in [0.29, 0.717) is 5.88 Å². The fourth-order valence-electron chi connectivity index (χ4n) is 2.42. The number of nitrogens with two attached hydrogens (primary N) is 1. The van der Waals surface area contributed by atoms with Crippen molar-refractivity contribution in [3.05, 3.63) is 53.7 Å². The Labute approximate surface area is 117 Å². The van der Waals surface area contributed by atoms with E-state index in [-0.39, 0.29) is 0 Å². The minimum atomic E-state index is 0.293. The van der Waals surface area contributed by atoms with Crippen molar-refractivity contribution in [3.63, 3.8) is 0 Å². The number of hydrogen-bond acceptors (Lipinski definition) is 4. The van der Waals surface area contributed by atoms with Crippen LogP contribution >= 0.6 is 0 Å². The molecule has 0 amide bonds. The molecule has 0 fully saturated rings. The predicted molar refractivity (Wildman–Crippen MR) is 79.1 cm³/mol. The molecule has 0 aliphatic heterocycles. The van der Waals surface area contributed by atoms with Crippen LogP contribution in [0, 0.1) is 13.8 Å². The van der Waals surface area contributed by atoms with Gasteiger partial charge in [0.1, 0.15) is 5.69 Å². The highest BCUT2D eigenvalue weighted by molar-refractivity contribution is 5.87. The average molecular weight is 265 g/mol. The standard InChI is InChI=1S/C16H15N3O/c1-10-6-5-7-11(2)13(10)15-14(16(17)20-19-15)12-8-3-4-9-18-12/h3-9H,17H2,1-2H3. The second-order valence-electron chi connectivity index (χ2n) is 4.75. The van der Waals surface area contributed by atoms with Gasteiger partial charge in [0.2, 0.25) is 5.88 Å². The minimum absolute atomic E-state index is 0.293. The zero-order valence-corrected chi connectivity index (χ0v) is 11.4. The van der Waals surface area contributed by atoms with E-state index in [9.17, 15) is 0 Å². The van der Waals surface area contributed by atoms with Gasteiger partial charge in [-0.25, -0.2) is 0 Å². The fraction of sp³-hybridized carbons (Fsp3) is 0.125. The zero-order chi connectivity index (χ0) is 14.1. The molecule has 0 spiro atoms. The highest BCUT2D eigenvalue weighted by Crippen LogP contribution is 2.37. The molecule has 0 saturated carbocycles. The van der Waals surface area contributed by atoms with E-state index in [2.05, 4.69) is 36.1 Å². The Hall–Kier alpha value is -2.62. The van der Waals surface area contributed by atoms with Crippen LogP contribution in [0.3, 0.4) is 0 Å². The van der Waals surface area contributed by atoms with Crippen LogP contribution < -0.4 is 5.73 Å². The largest absolute Gasteiger partial charge is 0.367 e. The molecule has 2 aromatic heterocycles. The molecule has 4 heteroatoms. The number of aromatic nitrogens is 2. The van der Waals surface area contributed by atoms with Gasteiger partial charge in [0.05, 0.1) is 11.3 Å². The van der Waals surface area contributed by atoms with Crippen molar-refractivity contribution >= 4 is 5.88 Å². The third-order valence-corrected chi connectivity index (χ3v) is 3.36. The van der Waals surface area contributed by atoms with Crippen LogP contribution in [0.15, 0.2) is 47.1 Å². The Morgan fingerprint density at radius 3 is 2.35 bits per heavy atom. The normalized spacial score (nSPS) is 10.7. The van der Waals surface area contributed by atoms with Gasteiger partial charge in [0.15, 0.2) is 0 Å². The van der Waals surface area contributed by atoms with Crippen molar-refractivity contribution in [1.82, 2.24) is 10.1 Å². The number of benzene rings is 1. The van der Waals surface area contributed by atoms with E-state index in [0.717, 1.165) is 33.6 Å². The lowest BCUT2D eigenvalue weighted by molar-refractivity contribution is 0.439. The van der Waals surface area contributed by atoms with Crippen molar-refractivity contribution in [2.24, 2.45) is 0 Å². The highest BCUT2D eigenvalue weighted by Gasteiger charge is 2.20. The van der Waals surface area contributed by atoms with E-state index in [1.165, 1.54) is 0 Å². The summed E-state index contributed by atoms with van der Waals surface area (Å²) in [5, 5.41) is 4.14. The summed E-state index contributed by atoms with van der Waals surface area (Å²) in [7, 11) is 0. The van der Waals surface area contributed by atoms with Gasteiger partial charge < -0.3 is 10.3 Å². The summed E-state index contributed by atoms with van der Waals surface area (Å²) in [5.41, 5.74) is 11.5. The SMILES string of the molecule is Cc1cccc(C)c1-c1noc(N)c1-c1ccccn1. The smallest absolute Gasteiger partial charge is 0.232 e. The zero-order valence-electron chi connectivity index (χ0n) is 11.4. The summed E-state index contributed by atoms with van der Waals surface area (Å²) < 4.78 is 5.20. The van der Waals surface area contributed by atoms with E-state index in [4.69, 9.17) is 10.3 Å². The molecular weight excluding hydrogens is 250 g/mol. The van der Waals surface area contributed by atoms with Gasteiger partial charge in [0.25, 0.3) is 0 Å². The van der Waals surface area contributed by atoms with Crippen LogP contribution in [-0.4, -0.2) is 10.1 Å². The van der Waals surface area contributed by atoms with Crippen molar-refractivity contribution < 1.29 is 4.52 Å². The van der Waals surface area contributed by atoms with Gasteiger partial charge in [-0.1, -0.05) is 29.4 Å². The molecule has 0 unspecified atom stereocenters. The van der Waals surface area contributed by atoms with Crippen LogP contribution in [0.4, 0.5) is 5.88 Å². The lowest BCUT2D eigenvalue weighted by atomic mass is 9.96. The first-order chi connectivity index (χ1) is 9.68. The summed E-state index contributed by atoms with van der Waals surface area (Å²) in [6, 6.07) is 11.8. The Balaban J connectivity index is 2.27. The van der Waals surface area contributed by atoms with Crippen LogP contribution in [0.25, 0.3) is 22.5 Å². The van der Waals surface area contributed by atoms with Crippen LogP contribution in [-0.2, 0) is 0 Å². The topological polar surface area (TPSA) is 64.9 Å². The molecule has 20 heavy (non-hydrogen) atoms. The van der Waals surface area contributed by atoms with E-state index >= 15 is 0 Å². The van der Waals surface area contributed by atoms with E-state index in [1.54, 1.807) is 6.20 Å². The van der Waals surface area contributed by atoms with Crippen LogP contribution in [0.2, 0.25) is 0 Å². The molecule has 1 aromatic carbocycles. The molecular formula is C16H15N3O. The van der Waals surface area contributed by atoms with Gasteiger partial charge in [-0.15, -0.1) is 0 Å². The number of hydrogen-bond donors (Lipinski definition) is 1. The second-order valence-corrected chi connectivity index (χ2v) is 4.75. The summed E-state index contributed by atoms with van der Waals surface area (Å²) in [6.45, 7) is 4.10. The van der Waals surface area contributed by atoms with Gasteiger partial charge in [-0.05, 0) is 37.1 Å². The molecule has 0 bridgehead atoms. The maximum atomic E-state index is 5.94. The van der Waals surface area contributed by atoms with Crippen molar-refractivity contribution in [2.75, 3.05) is 5.73 Å².